The van der Waals surface area contributed by atoms with Crippen molar-refractivity contribution < 1.29 is 9.21 Å². The van der Waals surface area contributed by atoms with E-state index in [2.05, 4.69) is 29.4 Å². The van der Waals surface area contributed by atoms with Crippen LogP contribution in [-0.2, 0) is 4.79 Å². The topological polar surface area (TPSA) is 55.1 Å². The predicted molar refractivity (Wildman–Crippen MR) is 116 cm³/mol. The lowest BCUT2D eigenvalue weighted by atomic mass is 9.98. The number of benzene rings is 3. The van der Waals surface area contributed by atoms with E-state index >= 15 is 0 Å². The third-order valence-electron chi connectivity index (χ3n) is 4.61. The molecule has 0 saturated heterocycles. The Morgan fingerprint density at radius 3 is 2.45 bits per heavy atom. The van der Waals surface area contributed by atoms with Crippen molar-refractivity contribution in [3.05, 3.63) is 102 Å². The fourth-order valence-corrected chi connectivity index (χ4v) is 3.09. The first-order valence-corrected chi connectivity index (χ1v) is 9.34. The van der Waals surface area contributed by atoms with Gasteiger partial charge in [-0.25, -0.2) is 4.98 Å². The minimum absolute atomic E-state index is 0.163. The van der Waals surface area contributed by atoms with Crippen molar-refractivity contribution in [1.82, 2.24) is 4.98 Å². The van der Waals surface area contributed by atoms with Crippen LogP contribution < -0.4 is 5.32 Å². The highest BCUT2D eigenvalue weighted by Gasteiger charge is 2.08. The molecule has 142 valence electrons. The zero-order valence-corrected chi connectivity index (χ0v) is 16.0. The van der Waals surface area contributed by atoms with Crippen molar-refractivity contribution in [2.24, 2.45) is 0 Å². The highest BCUT2D eigenvalue weighted by Crippen LogP contribution is 2.29. The summed E-state index contributed by atoms with van der Waals surface area (Å²) in [7, 11) is 0. The molecular formula is C25H20N2O2. The number of amides is 1. The molecule has 0 atom stereocenters. The Labute approximate surface area is 169 Å². The van der Waals surface area contributed by atoms with Gasteiger partial charge in [0.05, 0.1) is 6.20 Å². The number of nitrogens with zero attached hydrogens (tertiary/aromatic N) is 1. The van der Waals surface area contributed by atoms with E-state index in [4.69, 9.17) is 4.42 Å². The minimum Gasteiger partial charge on any atom is -0.445 e. The van der Waals surface area contributed by atoms with Crippen LogP contribution in [0, 0.1) is 6.92 Å². The molecule has 3 aromatic carbocycles. The number of rotatable bonds is 5. The second kappa shape index (κ2) is 8.40. The minimum atomic E-state index is -0.163. The molecule has 4 nitrogen and oxygen atoms in total. The van der Waals surface area contributed by atoms with Crippen molar-refractivity contribution in [3.63, 3.8) is 0 Å². The largest absolute Gasteiger partial charge is 0.445 e. The van der Waals surface area contributed by atoms with E-state index in [-0.39, 0.29) is 5.91 Å². The number of hydrogen-bond donors (Lipinski definition) is 1. The van der Waals surface area contributed by atoms with E-state index in [9.17, 15) is 4.79 Å². The predicted octanol–water partition coefficient (Wildman–Crippen LogP) is 5.97. The molecule has 4 rings (SSSR count). The average Bonchev–Trinajstić information content (AvgIpc) is 3.29. The summed E-state index contributed by atoms with van der Waals surface area (Å²) in [5.74, 6) is 0.434. The summed E-state index contributed by atoms with van der Waals surface area (Å²) in [5, 5.41) is 2.89. The van der Waals surface area contributed by atoms with E-state index < -0.39 is 0 Å². The van der Waals surface area contributed by atoms with E-state index in [1.807, 2.05) is 60.7 Å². The third kappa shape index (κ3) is 4.50. The van der Waals surface area contributed by atoms with E-state index in [1.165, 1.54) is 6.08 Å². The molecule has 0 saturated carbocycles. The SMILES string of the molecule is Cc1ccc(-c2ncco2)cc1-c1ccc(NC(=O)/C=C/c2ccccc2)cc1. The molecule has 1 amide bonds. The lowest BCUT2D eigenvalue weighted by Gasteiger charge is -2.09. The van der Waals surface area contributed by atoms with Gasteiger partial charge in [-0.2, -0.15) is 0 Å². The van der Waals surface area contributed by atoms with Gasteiger partial charge in [0.15, 0.2) is 0 Å². The Kier molecular flexibility index (Phi) is 5.34. The van der Waals surface area contributed by atoms with E-state index in [0.29, 0.717) is 5.89 Å². The summed E-state index contributed by atoms with van der Waals surface area (Å²) in [6, 6.07) is 23.7. The highest BCUT2D eigenvalue weighted by molar-refractivity contribution is 6.02. The van der Waals surface area contributed by atoms with Gasteiger partial charge in [0.1, 0.15) is 6.26 Å². The van der Waals surface area contributed by atoms with Gasteiger partial charge in [-0.1, -0.05) is 48.5 Å². The van der Waals surface area contributed by atoms with Crippen LogP contribution in [-0.4, -0.2) is 10.9 Å². The van der Waals surface area contributed by atoms with Crippen LogP contribution in [0.4, 0.5) is 5.69 Å². The van der Waals surface area contributed by atoms with Gasteiger partial charge in [0.2, 0.25) is 11.8 Å². The summed E-state index contributed by atoms with van der Waals surface area (Å²) in [5.41, 5.74) is 5.98. The summed E-state index contributed by atoms with van der Waals surface area (Å²) >= 11 is 0. The summed E-state index contributed by atoms with van der Waals surface area (Å²) in [4.78, 5) is 16.4. The average molecular weight is 380 g/mol. The van der Waals surface area contributed by atoms with Gasteiger partial charge in [-0.3, -0.25) is 4.79 Å². The number of oxazole rings is 1. The Bertz CT molecular complexity index is 1130. The van der Waals surface area contributed by atoms with Crippen LogP contribution in [0.1, 0.15) is 11.1 Å². The van der Waals surface area contributed by atoms with Gasteiger partial charge in [0, 0.05) is 17.3 Å². The van der Waals surface area contributed by atoms with Crippen molar-refractivity contribution in [1.29, 1.82) is 0 Å². The van der Waals surface area contributed by atoms with Gasteiger partial charge in [0.25, 0.3) is 0 Å². The van der Waals surface area contributed by atoms with Gasteiger partial charge >= 0.3 is 0 Å². The molecule has 1 heterocycles. The van der Waals surface area contributed by atoms with Crippen LogP contribution in [0.5, 0.6) is 0 Å². The maximum Gasteiger partial charge on any atom is 0.248 e. The standard InChI is InChI=1S/C25H20N2O2/c1-18-7-9-21(25-26-15-16-29-25)17-23(18)20-10-12-22(13-11-20)27-24(28)14-8-19-5-3-2-4-6-19/h2-17H,1H3,(H,27,28)/b14-8+. The number of carbonyl (C=O) groups is 1. The summed E-state index contributed by atoms with van der Waals surface area (Å²) < 4.78 is 5.40. The maximum atomic E-state index is 12.2. The number of anilines is 1. The molecule has 0 unspecified atom stereocenters. The van der Waals surface area contributed by atoms with Crippen LogP contribution in [0.25, 0.3) is 28.7 Å². The van der Waals surface area contributed by atoms with Crippen LogP contribution in [0.3, 0.4) is 0 Å². The molecule has 4 aromatic rings. The quantitative estimate of drug-likeness (QED) is 0.434. The molecule has 0 aliphatic rings. The summed E-state index contributed by atoms with van der Waals surface area (Å²) in [6.45, 7) is 2.07. The summed E-state index contributed by atoms with van der Waals surface area (Å²) in [6.07, 6.45) is 6.53. The molecule has 0 bridgehead atoms. The molecule has 0 aliphatic carbocycles. The van der Waals surface area contributed by atoms with Crippen LogP contribution >= 0.6 is 0 Å². The van der Waals surface area contributed by atoms with Crippen LogP contribution in [0.2, 0.25) is 0 Å². The fourth-order valence-electron chi connectivity index (χ4n) is 3.09. The van der Waals surface area contributed by atoms with Gasteiger partial charge in [-0.05, 0) is 59.5 Å². The lowest BCUT2D eigenvalue weighted by Crippen LogP contribution is -2.07. The zero-order chi connectivity index (χ0) is 20.1. The first-order chi connectivity index (χ1) is 14.2. The second-order valence-corrected chi connectivity index (χ2v) is 6.68. The number of aryl methyl sites for hydroxylation is 1. The fraction of sp³-hybridized carbons (Fsp3) is 0.0400. The maximum absolute atomic E-state index is 12.2. The van der Waals surface area contributed by atoms with Crippen molar-refractivity contribution >= 4 is 17.7 Å². The van der Waals surface area contributed by atoms with Crippen molar-refractivity contribution in [3.8, 4) is 22.6 Å². The Morgan fingerprint density at radius 1 is 0.966 bits per heavy atom. The molecule has 1 N–H and O–H groups in total. The Balaban J connectivity index is 1.49. The molecule has 4 heteroatoms. The molecule has 1 aromatic heterocycles. The van der Waals surface area contributed by atoms with Crippen LogP contribution in [0.15, 0.2) is 95.7 Å². The molecule has 0 radical (unpaired) electrons. The molecule has 29 heavy (non-hydrogen) atoms. The molecule has 0 spiro atoms. The first kappa shape index (κ1) is 18.4. The number of carbonyl (C=O) groups excluding carboxylic acids is 1. The van der Waals surface area contributed by atoms with E-state index in [1.54, 1.807) is 18.5 Å². The monoisotopic (exact) mass is 380 g/mol. The molecule has 0 aliphatic heterocycles. The third-order valence-corrected chi connectivity index (χ3v) is 4.61. The van der Waals surface area contributed by atoms with Crippen molar-refractivity contribution in [2.45, 2.75) is 6.92 Å². The number of aromatic nitrogens is 1. The second-order valence-electron chi connectivity index (χ2n) is 6.68. The zero-order valence-electron chi connectivity index (χ0n) is 16.0. The lowest BCUT2D eigenvalue weighted by molar-refractivity contribution is -0.111. The Hall–Kier alpha value is -3.92. The first-order valence-electron chi connectivity index (χ1n) is 9.34. The Morgan fingerprint density at radius 2 is 1.72 bits per heavy atom. The van der Waals surface area contributed by atoms with Gasteiger partial charge in [-0.15, -0.1) is 0 Å². The highest BCUT2D eigenvalue weighted by atomic mass is 16.3. The van der Waals surface area contributed by atoms with E-state index in [0.717, 1.165) is 33.5 Å². The number of hydrogen-bond acceptors (Lipinski definition) is 3. The normalized spacial score (nSPS) is 10.9. The van der Waals surface area contributed by atoms with Crippen molar-refractivity contribution in [2.75, 3.05) is 5.32 Å². The number of nitrogens with one attached hydrogen (secondary N) is 1. The smallest absolute Gasteiger partial charge is 0.248 e. The molecular weight excluding hydrogens is 360 g/mol. The molecule has 0 fully saturated rings. The van der Waals surface area contributed by atoms with Gasteiger partial charge < -0.3 is 9.73 Å².